The molecule has 0 saturated carbocycles. The molecule has 0 aliphatic rings. The third-order valence-electron chi connectivity index (χ3n) is 9.94. The van der Waals surface area contributed by atoms with E-state index in [1.165, 1.54) is 21.1 Å². The number of rotatable bonds is 7. The summed E-state index contributed by atoms with van der Waals surface area (Å²) in [7, 11) is 0. The molecule has 4 nitrogen and oxygen atoms in total. The normalized spacial score (nSPS) is 11.7. The molecule has 9 rings (SSSR count). The van der Waals surface area contributed by atoms with Gasteiger partial charge in [0.25, 0.3) is 0 Å². The van der Waals surface area contributed by atoms with E-state index in [2.05, 4.69) is 139 Å². The van der Waals surface area contributed by atoms with Crippen LogP contribution in [0.25, 0.3) is 89.5 Å². The minimum absolute atomic E-state index is 0.603. The molecule has 2 aromatic heterocycles. The van der Waals surface area contributed by atoms with E-state index < -0.39 is 13.3 Å². The fourth-order valence-corrected chi connectivity index (χ4v) is 9.52. The predicted octanol–water partition coefficient (Wildman–Crippen LogP) is 12.3. The Morgan fingerprint density at radius 3 is 1.57 bits per heavy atom. The molecule has 0 spiro atoms. The number of hydrogen-bond donors (Lipinski definition) is 0. The van der Waals surface area contributed by atoms with Crippen LogP contribution >= 0.6 is 0 Å². The van der Waals surface area contributed by atoms with E-state index in [-0.39, 0.29) is 0 Å². The average Bonchev–Trinajstić information content (AvgIpc) is 3.60. The zero-order valence-electron chi connectivity index (χ0n) is 29.9. The maximum atomic E-state index is 6.69. The zero-order chi connectivity index (χ0) is 35.9. The molecule has 0 radical (unpaired) electrons. The van der Waals surface area contributed by atoms with Gasteiger partial charge in [-0.15, -0.1) is 0 Å². The van der Waals surface area contributed by atoms with Gasteiger partial charge in [0.05, 0.1) is 0 Å². The standard InChI is InChI=1S/C48H37GeN3O/c1-49(2,3)39-29-27-34(28-30-39)33-23-25-36(26-24-33)47-50-46(35-15-8-5-9-16-35)51-48(52-47)42-21-12-22-43-44(42)41-20-11-19-40(45(41)53-43)38-18-10-17-37(31-38)32-13-6-4-7-14-32/h4-31H,1-3H3. The molecule has 0 fully saturated rings. The minimum atomic E-state index is -1.88. The number of nitrogens with zero attached hydrogens (tertiary/aromatic N) is 3. The number of aromatic nitrogens is 3. The summed E-state index contributed by atoms with van der Waals surface area (Å²) in [6.45, 7) is 0. The first-order valence-electron chi connectivity index (χ1n) is 18.0. The summed E-state index contributed by atoms with van der Waals surface area (Å²) in [5.74, 6) is 9.13. The second kappa shape index (κ2) is 13.5. The molecule has 7 aromatic carbocycles. The summed E-state index contributed by atoms with van der Waals surface area (Å²) in [5, 5.41) is 2.00. The monoisotopic (exact) mass is 745 g/mol. The van der Waals surface area contributed by atoms with E-state index in [0.29, 0.717) is 17.5 Å². The van der Waals surface area contributed by atoms with Gasteiger partial charge in [-0.1, -0.05) is 109 Å². The summed E-state index contributed by atoms with van der Waals surface area (Å²) >= 11 is -1.88. The van der Waals surface area contributed by atoms with Crippen LogP contribution < -0.4 is 4.40 Å². The molecule has 9 aromatic rings. The SMILES string of the molecule is [CH3][Ge]([CH3])([CH3])[c]1ccc(-c2ccc(-c3nc(-c4ccccc4)nc(-c4cccc5oc6c(-c7cccc(-c8ccccc8)c7)cccc6c45)n3)cc2)cc1. The van der Waals surface area contributed by atoms with Crippen LogP contribution in [0.2, 0.25) is 17.3 Å². The number of para-hydroxylation sites is 1. The first-order chi connectivity index (χ1) is 25.9. The van der Waals surface area contributed by atoms with Crippen molar-refractivity contribution in [2.24, 2.45) is 0 Å². The zero-order valence-corrected chi connectivity index (χ0v) is 32.0. The van der Waals surface area contributed by atoms with Crippen LogP contribution in [0, 0.1) is 0 Å². The Balaban J connectivity index is 1.16. The molecule has 2 heterocycles. The van der Waals surface area contributed by atoms with Gasteiger partial charge < -0.3 is 4.42 Å². The Morgan fingerprint density at radius 1 is 0.396 bits per heavy atom. The molecule has 0 bridgehead atoms. The number of furan rings is 1. The van der Waals surface area contributed by atoms with Crippen LogP contribution in [0.15, 0.2) is 174 Å². The van der Waals surface area contributed by atoms with Crippen LogP contribution in [-0.2, 0) is 0 Å². The quantitative estimate of drug-likeness (QED) is 0.153. The predicted molar refractivity (Wildman–Crippen MR) is 223 cm³/mol. The molecule has 0 atom stereocenters. The van der Waals surface area contributed by atoms with Gasteiger partial charge in [0.15, 0.2) is 0 Å². The van der Waals surface area contributed by atoms with Gasteiger partial charge in [0.1, 0.15) is 11.2 Å². The molecule has 5 heteroatoms. The third-order valence-corrected chi connectivity index (χ3v) is 14.3. The fourth-order valence-electron chi connectivity index (χ4n) is 7.07. The van der Waals surface area contributed by atoms with Gasteiger partial charge in [-0.3, -0.25) is 0 Å². The third kappa shape index (κ3) is 6.36. The van der Waals surface area contributed by atoms with Crippen molar-refractivity contribution in [3.05, 3.63) is 170 Å². The van der Waals surface area contributed by atoms with Crippen LogP contribution in [0.1, 0.15) is 0 Å². The summed E-state index contributed by atoms with van der Waals surface area (Å²) in [6, 6.07) is 59.4. The molecule has 0 N–H and O–H groups in total. The summed E-state index contributed by atoms with van der Waals surface area (Å²) in [5.41, 5.74) is 11.3. The molecule has 0 unspecified atom stereocenters. The second-order valence-corrected chi connectivity index (χ2v) is 25.1. The molecule has 0 aliphatic carbocycles. The number of fused-ring (bicyclic) bond motifs is 3. The molecular weight excluding hydrogens is 707 g/mol. The molecule has 0 saturated heterocycles. The topological polar surface area (TPSA) is 51.8 Å². The Labute approximate surface area is 312 Å². The Morgan fingerprint density at radius 2 is 0.887 bits per heavy atom. The molecule has 254 valence electrons. The fraction of sp³-hybridized carbons (Fsp3) is 0.0625. The van der Waals surface area contributed by atoms with Crippen molar-refractivity contribution in [1.82, 2.24) is 15.0 Å². The van der Waals surface area contributed by atoms with Crippen molar-refractivity contribution >= 4 is 39.6 Å². The van der Waals surface area contributed by atoms with Crippen LogP contribution in [0.4, 0.5) is 0 Å². The molecular formula is C48H37GeN3O. The van der Waals surface area contributed by atoms with Gasteiger partial charge in [0.2, 0.25) is 0 Å². The van der Waals surface area contributed by atoms with Gasteiger partial charge in [0, 0.05) is 16.3 Å². The Kier molecular flexibility index (Phi) is 8.32. The van der Waals surface area contributed by atoms with Crippen molar-refractivity contribution in [1.29, 1.82) is 0 Å². The summed E-state index contributed by atoms with van der Waals surface area (Å²) in [4.78, 5) is 15.3. The molecule has 53 heavy (non-hydrogen) atoms. The van der Waals surface area contributed by atoms with E-state index in [1.807, 2.05) is 48.5 Å². The summed E-state index contributed by atoms with van der Waals surface area (Å²) in [6.07, 6.45) is 0. The molecule has 0 aliphatic heterocycles. The number of benzene rings is 7. The number of hydrogen-bond acceptors (Lipinski definition) is 4. The van der Waals surface area contributed by atoms with Gasteiger partial charge in [-0.05, 0) is 28.8 Å². The van der Waals surface area contributed by atoms with E-state index >= 15 is 0 Å². The van der Waals surface area contributed by atoms with Gasteiger partial charge in [-0.2, -0.15) is 0 Å². The first kappa shape index (κ1) is 32.8. The van der Waals surface area contributed by atoms with Crippen molar-refractivity contribution in [3.8, 4) is 67.5 Å². The maximum absolute atomic E-state index is 6.69. The Hall–Kier alpha value is -6.11. The average molecular weight is 744 g/mol. The van der Waals surface area contributed by atoms with Crippen LogP contribution in [0.3, 0.4) is 0 Å². The van der Waals surface area contributed by atoms with Crippen molar-refractivity contribution in [2.75, 3.05) is 0 Å². The second-order valence-electron chi connectivity index (χ2n) is 14.5. The van der Waals surface area contributed by atoms with E-state index in [1.54, 1.807) is 0 Å². The van der Waals surface area contributed by atoms with Crippen molar-refractivity contribution < 1.29 is 4.42 Å². The van der Waals surface area contributed by atoms with E-state index in [4.69, 9.17) is 19.4 Å². The van der Waals surface area contributed by atoms with E-state index in [9.17, 15) is 0 Å². The van der Waals surface area contributed by atoms with Crippen molar-refractivity contribution in [3.63, 3.8) is 0 Å². The first-order valence-corrected chi connectivity index (χ1v) is 25.4. The van der Waals surface area contributed by atoms with Gasteiger partial charge >= 0.3 is 144 Å². The summed E-state index contributed by atoms with van der Waals surface area (Å²) < 4.78 is 8.19. The van der Waals surface area contributed by atoms with Crippen LogP contribution in [-0.4, -0.2) is 28.2 Å². The Bertz CT molecular complexity index is 2730. The van der Waals surface area contributed by atoms with Crippen LogP contribution in [0.5, 0.6) is 0 Å². The van der Waals surface area contributed by atoms with Crippen molar-refractivity contribution in [2.45, 2.75) is 17.3 Å². The van der Waals surface area contributed by atoms with E-state index in [0.717, 1.165) is 55.3 Å². The van der Waals surface area contributed by atoms with Gasteiger partial charge in [-0.25, -0.2) is 0 Å². The molecule has 0 amide bonds.